The van der Waals surface area contributed by atoms with Gasteiger partial charge in [0.15, 0.2) is 7.11 Å². The summed E-state index contributed by atoms with van der Waals surface area (Å²) in [4.78, 5) is 5.96. The molecule has 4 aromatic rings. The predicted molar refractivity (Wildman–Crippen MR) is 118 cm³/mol. The predicted octanol–water partition coefficient (Wildman–Crippen LogP) is 4.46. The molecular formula is C25H27N2O3+3. The van der Waals surface area contributed by atoms with Crippen molar-refractivity contribution in [3.05, 3.63) is 77.7 Å². The summed E-state index contributed by atoms with van der Waals surface area (Å²) in [6.07, 6.45) is 2.98. The number of nitrogens with zero attached hydrogens (tertiary/aromatic N) is 1. The molecule has 5 rings (SSSR count). The van der Waals surface area contributed by atoms with Gasteiger partial charge in [0.25, 0.3) is 17.7 Å². The SMILES string of the molecule is COc1cc2c(cc1[OH+]C)CCN(Cc1c[oH+]c(-c3ccc4ccccc4c3)[nH+]1)C2. The number of rotatable bonds is 5. The molecule has 30 heavy (non-hydrogen) atoms. The number of fused-ring (bicyclic) bond motifs is 2. The van der Waals surface area contributed by atoms with Crippen molar-refractivity contribution in [2.45, 2.75) is 19.5 Å². The number of benzene rings is 3. The summed E-state index contributed by atoms with van der Waals surface area (Å²) in [7, 11) is 3.51. The zero-order chi connectivity index (χ0) is 20.5. The summed E-state index contributed by atoms with van der Waals surface area (Å²) in [6.45, 7) is 2.77. The van der Waals surface area contributed by atoms with E-state index >= 15 is 0 Å². The number of hydrogen-bond donors (Lipinski definition) is 0. The van der Waals surface area contributed by atoms with Gasteiger partial charge in [0.1, 0.15) is 5.56 Å². The normalized spacial score (nSPS) is 13.9. The highest BCUT2D eigenvalue weighted by Crippen LogP contribution is 2.34. The summed E-state index contributed by atoms with van der Waals surface area (Å²) in [5, 5.41) is 2.47. The Bertz CT molecular complexity index is 1200. The fourth-order valence-electron chi connectivity index (χ4n) is 4.27. The lowest BCUT2D eigenvalue weighted by Gasteiger charge is -2.27. The van der Waals surface area contributed by atoms with Crippen LogP contribution in [0.4, 0.5) is 0 Å². The summed E-state index contributed by atoms with van der Waals surface area (Å²) >= 11 is 0. The van der Waals surface area contributed by atoms with Gasteiger partial charge < -0.3 is 13.9 Å². The van der Waals surface area contributed by atoms with Crippen LogP contribution in [0.25, 0.3) is 22.2 Å². The van der Waals surface area contributed by atoms with Crippen molar-refractivity contribution < 1.29 is 18.9 Å². The van der Waals surface area contributed by atoms with E-state index in [0.717, 1.165) is 54.7 Å². The van der Waals surface area contributed by atoms with Crippen LogP contribution >= 0.6 is 0 Å². The van der Waals surface area contributed by atoms with Crippen molar-refractivity contribution in [3.63, 3.8) is 0 Å². The molecule has 5 nitrogen and oxygen atoms in total. The smallest absolute Gasteiger partial charge is 0.515 e. The Kier molecular flexibility index (Phi) is 4.89. The Morgan fingerprint density at radius 1 is 1.07 bits per heavy atom. The van der Waals surface area contributed by atoms with E-state index in [1.807, 2.05) is 13.4 Å². The molecule has 5 heteroatoms. The number of aromatic nitrogens is 1. The van der Waals surface area contributed by atoms with Crippen molar-refractivity contribution in [3.8, 4) is 23.0 Å². The van der Waals surface area contributed by atoms with Crippen LogP contribution in [0.2, 0.25) is 0 Å². The molecule has 0 radical (unpaired) electrons. The van der Waals surface area contributed by atoms with Crippen molar-refractivity contribution in [2.75, 3.05) is 20.8 Å². The zero-order valence-electron chi connectivity index (χ0n) is 17.4. The van der Waals surface area contributed by atoms with Crippen molar-refractivity contribution in [1.29, 1.82) is 0 Å². The molecular weight excluding hydrogens is 376 g/mol. The molecule has 1 aliphatic heterocycles. The van der Waals surface area contributed by atoms with Gasteiger partial charge in [0.2, 0.25) is 5.75 Å². The maximum atomic E-state index is 5.51. The molecule has 0 atom stereocenters. The van der Waals surface area contributed by atoms with E-state index in [2.05, 4.69) is 73.6 Å². The Morgan fingerprint density at radius 3 is 2.77 bits per heavy atom. The highest BCUT2D eigenvalue weighted by atomic mass is 16.5. The second kappa shape index (κ2) is 7.84. The molecule has 0 fully saturated rings. The maximum Gasteiger partial charge on any atom is 0.515 e. The minimum absolute atomic E-state index is 0.846. The van der Waals surface area contributed by atoms with E-state index < -0.39 is 0 Å². The molecule has 0 spiro atoms. The maximum absolute atomic E-state index is 5.51. The first-order valence-electron chi connectivity index (χ1n) is 10.3. The van der Waals surface area contributed by atoms with E-state index in [9.17, 15) is 0 Å². The first kappa shape index (κ1) is 18.7. The first-order valence-corrected chi connectivity index (χ1v) is 10.3. The molecule has 0 saturated heterocycles. The molecule has 1 aliphatic rings. The van der Waals surface area contributed by atoms with Gasteiger partial charge in [-0.15, -0.1) is 4.98 Å². The second-order valence-corrected chi connectivity index (χ2v) is 7.80. The summed E-state index contributed by atoms with van der Waals surface area (Å²) in [5.41, 5.74) is 4.94. The average Bonchev–Trinajstić information content (AvgIpc) is 3.26. The van der Waals surface area contributed by atoms with Crippen LogP contribution in [0.5, 0.6) is 11.5 Å². The number of ether oxygens (including phenoxy) is 2. The molecule has 2 heterocycles. The minimum atomic E-state index is 0.846. The van der Waals surface area contributed by atoms with Gasteiger partial charge in [-0.05, 0) is 46.5 Å². The van der Waals surface area contributed by atoms with Crippen LogP contribution in [0.1, 0.15) is 16.8 Å². The average molecular weight is 404 g/mol. The Balaban J connectivity index is 1.33. The quantitative estimate of drug-likeness (QED) is 0.462. The molecule has 1 aromatic heterocycles. The van der Waals surface area contributed by atoms with Gasteiger partial charge in [0.05, 0.1) is 13.7 Å². The van der Waals surface area contributed by atoms with Crippen molar-refractivity contribution in [1.82, 2.24) is 4.90 Å². The minimum Gasteiger partial charge on any atom is -0.582 e. The topological polar surface area (TPSA) is 52.2 Å². The van der Waals surface area contributed by atoms with Gasteiger partial charge in [-0.2, -0.15) is 0 Å². The Hall–Kier alpha value is -3.31. The monoisotopic (exact) mass is 403 g/mol. The van der Waals surface area contributed by atoms with Gasteiger partial charge in [-0.25, -0.2) is 0 Å². The highest BCUT2D eigenvalue weighted by Gasteiger charge is 2.26. The molecule has 0 aliphatic carbocycles. The molecule has 152 valence electrons. The first-order chi connectivity index (χ1) is 14.7. The fraction of sp³-hybridized carbons (Fsp3) is 0.240. The second-order valence-electron chi connectivity index (χ2n) is 7.80. The van der Waals surface area contributed by atoms with Gasteiger partial charge in [-0.3, -0.25) is 4.90 Å². The lowest BCUT2D eigenvalue weighted by molar-refractivity contribution is -0.383. The van der Waals surface area contributed by atoms with Gasteiger partial charge >= 0.3 is 5.89 Å². The van der Waals surface area contributed by atoms with E-state index in [1.165, 1.54) is 21.9 Å². The standard InChI is InChI=1S/C25H24N2O3/c1-28-23-12-19-9-10-27(14-21(19)13-24(23)29-2)15-22-16-30-25(26-22)20-8-7-17-5-3-4-6-18(17)11-20/h3-8,11-13,16H,9-10,14-15H2,1-2H3/p+3. The van der Waals surface area contributed by atoms with Gasteiger partial charge in [-0.1, -0.05) is 30.3 Å². The number of aromatic hydroxyl groups is 1. The third-order valence-corrected chi connectivity index (χ3v) is 5.88. The third kappa shape index (κ3) is 3.53. The molecule has 3 N–H and O–H groups in total. The highest BCUT2D eigenvalue weighted by molar-refractivity contribution is 5.85. The number of hydrogen-bond acceptors (Lipinski definition) is 2. The van der Waals surface area contributed by atoms with Crippen LogP contribution in [0.15, 0.2) is 65.3 Å². The number of aliphatic hydroxyl groups is 1. The van der Waals surface area contributed by atoms with E-state index in [1.54, 1.807) is 7.11 Å². The van der Waals surface area contributed by atoms with Crippen LogP contribution in [0, 0.1) is 0 Å². The van der Waals surface area contributed by atoms with E-state index in [-0.39, 0.29) is 0 Å². The lowest BCUT2D eigenvalue weighted by atomic mass is 9.98. The van der Waals surface area contributed by atoms with Crippen molar-refractivity contribution in [2.24, 2.45) is 0 Å². The fourth-order valence-corrected chi connectivity index (χ4v) is 4.27. The van der Waals surface area contributed by atoms with E-state index in [4.69, 9.17) is 4.74 Å². The number of nitrogens with one attached hydrogen (secondary N) is 1. The Labute approximate surface area is 175 Å². The lowest BCUT2D eigenvalue weighted by Crippen LogP contribution is -2.31. The molecule has 3 aromatic carbocycles. The largest absolute Gasteiger partial charge is 0.582 e. The number of oxazole rings is 1. The summed E-state index contributed by atoms with van der Waals surface area (Å²) < 4.78 is 14.5. The molecule has 0 unspecified atom stereocenters. The summed E-state index contributed by atoms with van der Waals surface area (Å²) in [6, 6.07) is 19.2. The van der Waals surface area contributed by atoms with Gasteiger partial charge in [0, 0.05) is 19.2 Å². The van der Waals surface area contributed by atoms with E-state index in [0.29, 0.717) is 0 Å². The molecule has 0 amide bonds. The number of methoxy groups -OCH3 is 1. The van der Waals surface area contributed by atoms with Crippen molar-refractivity contribution >= 4 is 10.8 Å². The van der Waals surface area contributed by atoms with Crippen LogP contribution in [0.3, 0.4) is 0 Å². The summed E-state index contributed by atoms with van der Waals surface area (Å²) in [5.74, 6) is 2.69. The molecule has 0 saturated carbocycles. The molecule has 0 bridgehead atoms. The zero-order valence-corrected chi connectivity index (χ0v) is 17.4. The number of aromatic amines is 1. The Morgan fingerprint density at radius 2 is 1.93 bits per heavy atom. The van der Waals surface area contributed by atoms with Crippen LogP contribution in [-0.4, -0.2) is 30.4 Å². The number of H-pyrrole nitrogens is 1. The van der Waals surface area contributed by atoms with Crippen LogP contribution < -0.4 is 9.72 Å². The van der Waals surface area contributed by atoms with Crippen LogP contribution in [-0.2, 0) is 19.5 Å². The third-order valence-electron chi connectivity index (χ3n) is 5.88.